The zero-order chi connectivity index (χ0) is 11.7. The molecule has 1 fully saturated rings. The van der Waals surface area contributed by atoms with E-state index in [-0.39, 0.29) is 18.0 Å². The Hall–Kier alpha value is -0.940. The first kappa shape index (κ1) is 11.5. The number of hydrogen-bond acceptors (Lipinski definition) is 5. The lowest BCUT2D eigenvalue weighted by Crippen LogP contribution is -2.45. The average Bonchev–Trinajstić information content (AvgIpc) is 2.64. The SMILES string of the molecule is CC(=O)c1csc(N2C[C@@H](C)O[C@@H](C)C2)n1. The topological polar surface area (TPSA) is 42.4 Å². The van der Waals surface area contributed by atoms with Crippen molar-refractivity contribution in [3.63, 3.8) is 0 Å². The zero-order valence-electron chi connectivity index (χ0n) is 9.77. The van der Waals surface area contributed by atoms with Gasteiger partial charge in [0.15, 0.2) is 10.9 Å². The molecule has 0 aliphatic carbocycles. The van der Waals surface area contributed by atoms with E-state index in [2.05, 4.69) is 23.7 Å². The van der Waals surface area contributed by atoms with Gasteiger partial charge >= 0.3 is 0 Å². The number of ether oxygens (including phenoxy) is 1. The molecule has 2 heterocycles. The van der Waals surface area contributed by atoms with Crippen molar-refractivity contribution in [3.8, 4) is 0 Å². The van der Waals surface area contributed by atoms with Crippen LogP contribution in [0.5, 0.6) is 0 Å². The van der Waals surface area contributed by atoms with Crippen LogP contribution >= 0.6 is 11.3 Å². The maximum absolute atomic E-state index is 11.2. The molecule has 0 aromatic carbocycles. The van der Waals surface area contributed by atoms with Crippen molar-refractivity contribution in [1.82, 2.24) is 4.98 Å². The Balaban J connectivity index is 2.13. The van der Waals surface area contributed by atoms with Crippen molar-refractivity contribution in [2.75, 3.05) is 18.0 Å². The minimum absolute atomic E-state index is 0.0249. The van der Waals surface area contributed by atoms with Crippen LogP contribution in [-0.4, -0.2) is 36.1 Å². The molecule has 2 atom stereocenters. The predicted molar refractivity (Wildman–Crippen MR) is 64.3 cm³/mol. The number of aromatic nitrogens is 1. The number of carbonyl (C=O) groups is 1. The van der Waals surface area contributed by atoms with E-state index < -0.39 is 0 Å². The minimum atomic E-state index is 0.0249. The molecule has 0 saturated carbocycles. The summed E-state index contributed by atoms with van der Waals surface area (Å²) in [5.74, 6) is 0.0249. The summed E-state index contributed by atoms with van der Waals surface area (Å²) >= 11 is 1.53. The van der Waals surface area contributed by atoms with Crippen LogP contribution in [0.15, 0.2) is 5.38 Å². The average molecular weight is 240 g/mol. The summed E-state index contributed by atoms with van der Waals surface area (Å²) in [5, 5.41) is 2.75. The van der Waals surface area contributed by atoms with Crippen LogP contribution in [0.4, 0.5) is 5.13 Å². The second kappa shape index (κ2) is 4.51. The van der Waals surface area contributed by atoms with Crippen LogP contribution in [-0.2, 0) is 4.74 Å². The number of ketones is 1. The zero-order valence-corrected chi connectivity index (χ0v) is 10.6. The molecule has 0 unspecified atom stereocenters. The second-order valence-corrected chi connectivity index (χ2v) is 5.07. The molecule has 0 N–H and O–H groups in total. The van der Waals surface area contributed by atoms with Crippen molar-refractivity contribution in [1.29, 1.82) is 0 Å². The molecule has 1 saturated heterocycles. The molecule has 0 amide bonds. The summed E-state index contributed by atoms with van der Waals surface area (Å²) in [4.78, 5) is 17.7. The smallest absolute Gasteiger partial charge is 0.186 e. The van der Waals surface area contributed by atoms with Gasteiger partial charge in [-0.15, -0.1) is 11.3 Å². The molecule has 5 heteroatoms. The molecule has 0 radical (unpaired) electrons. The number of nitrogens with zero attached hydrogens (tertiary/aromatic N) is 2. The van der Waals surface area contributed by atoms with Crippen molar-refractivity contribution >= 4 is 22.3 Å². The molecular weight excluding hydrogens is 224 g/mol. The Kier molecular flexibility index (Phi) is 3.25. The van der Waals surface area contributed by atoms with E-state index >= 15 is 0 Å². The van der Waals surface area contributed by atoms with Crippen molar-refractivity contribution in [2.45, 2.75) is 33.0 Å². The highest BCUT2D eigenvalue weighted by molar-refractivity contribution is 7.13. The highest BCUT2D eigenvalue weighted by Crippen LogP contribution is 2.24. The molecule has 16 heavy (non-hydrogen) atoms. The summed E-state index contributed by atoms with van der Waals surface area (Å²) in [7, 11) is 0. The van der Waals surface area contributed by atoms with Gasteiger partial charge in [-0.25, -0.2) is 4.98 Å². The molecule has 1 aliphatic rings. The van der Waals surface area contributed by atoms with Crippen molar-refractivity contribution < 1.29 is 9.53 Å². The molecule has 1 aromatic heterocycles. The fourth-order valence-corrected chi connectivity index (χ4v) is 2.79. The molecule has 0 bridgehead atoms. The van der Waals surface area contributed by atoms with Gasteiger partial charge in [0.25, 0.3) is 0 Å². The lowest BCUT2D eigenvalue weighted by Gasteiger charge is -2.35. The summed E-state index contributed by atoms with van der Waals surface area (Å²) < 4.78 is 5.66. The largest absolute Gasteiger partial charge is 0.372 e. The highest BCUT2D eigenvalue weighted by Gasteiger charge is 2.24. The number of Topliss-reactive ketones (excluding diaryl/α,β-unsaturated/α-hetero) is 1. The third-order valence-corrected chi connectivity index (χ3v) is 3.44. The van der Waals surface area contributed by atoms with E-state index in [1.165, 1.54) is 11.3 Å². The molecule has 88 valence electrons. The van der Waals surface area contributed by atoms with Gasteiger partial charge in [0.1, 0.15) is 5.69 Å². The third-order valence-electron chi connectivity index (χ3n) is 2.54. The van der Waals surface area contributed by atoms with E-state index in [0.29, 0.717) is 5.69 Å². The maximum atomic E-state index is 11.2. The van der Waals surface area contributed by atoms with Gasteiger partial charge in [-0.3, -0.25) is 4.79 Å². The van der Waals surface area contributed by atoms with Crippen molar-refractivity contribution in [2.24, 2.45) is 0 Å². The van der Waals surface area contributed by atoms with E-state index in [1.807, 2.05) is 5.38 Å². The van der Waals surface area contributed by atoms with Gasteiger partial charge in [0.05, 0.1) is 12.2 Å². The van der Waals surface area contributed by atoms with Gasteiger partial charge in [-0.05, 0) is 13.8 Å². The fraction of sp³-hybridized carbons (Fsp3) is 0.636. The predicted octanol–water partition coefficient (Wildman–Crippen LogP) is 1.96. The van der Waals surface area contributed by atoms with Crippen LogP contribution in [0.25, 0.3) is 0 Å². The van der Waals surface area contributed by atoms with Gasteiger partial charge in [-0.2, -0.15) is 0 Å². The highest BCUT2D eigenvalue weighted by atomic mass is 32.1. The lowest BCUT2D eigenvalue weighted by atomic mass is 10.2. The Morgan fingerprint density at radius 2 is 2.12 bits per heavy atom. The van der Waals surface area contributed by atoms with Crippen LogP contribution in [0.2, 0.25) is 0 Å². The molecule has 1 aliphatic heterocycles. The number of rotatable bonds is 2. The maximum Gasteiger partial charge on any atom is 0.186 e. The molecule has 4 nitrogen and oxygen atoms in total. The first-order chi connectivity index (χ1) is 7.56. The Labute approximate surface area is 99.2 Å². The Morgan fingerprint density at radius 3 is 2.62 bits per heavy atom. The van der Waals surface area contributed by atoms with E-state index in [9.17, 15) is 4.79 Å². The number of thiazole rings is 1. The van der Waals surface area contributed by atoms with E-state index in [4.69, 9.17) is 4.74 Å². The summed E-state index contributed by atoms with van der Waals surface area (Å²) in [5.41, 5.74) is 0.562. The number of morpholine rings is 1. The summed E-state index contributed by atoms with van der Waals surface area (Å²) in [6.07, 6.45) is 0.432. The fourth-order valence-electron chi connectivity index (χ4n) is 1.91. The molecular formula is C11H16N2O2S. The summed E-state index contributed by atoms with van der Waals surface area (Å²) in [6, 6.07) is 0. The molecule has 0 spiro atoms. The first-order valence-electron chi connectivity index (χ1n) is 5.43. The minimum Gasteiger partial charge on any atom is -0.372 e. The van der Waals surface area contributed by atoms with Crippen LogP contribution in [0.3, 0.4) is 0 Å². The third kappa shape index (κ3) is 2.41. The molecule has 1 aromatic rings. The van der Waals surface area contributed by atoms with Gasteiger partial charge in [0, 0.05) is 25.4 Å². The normalized spacial score (nSPS) is 25.8. The second-order valence-electron chi connectivity index (χ2n) is 4.23. The Bertz CT molecular complexity index is 381. The van der Waals surface area contributed by atoms with Gasteiger partial charge < -0.3 is 9.64 Å². The summed E-state index contributed by atoms with van der Waals surface area (Å²) in [6.45, 7) is 7.35. The number of carbonyl (C=O) groups excluding carboxylic acids is 1. The standard InChI is InChI=1S/C11H16N2O2S/c1-7-4-13(5-8(2)15-7)11-12-10(6-16-11)9(3)14/h6-8H,4-5H2,1-3H3/t7-,8+. The number of hydrogen-bond donors (Lipinski definition) is 0. The number of anilines is 1. The van der Waals surface area contributed by atoms with Crippen LogP contribution in [0.1, 0.15) is 31.3 Å². The Morgan fingerprint density at radius 1 is 1.50 bits per heavy atom. The van der Waals surface area contributed by atoms with Crippen molar-refractivity contribution in [3.05, 3.63) is 11.1 Å². The van der Waals surface area contributed by atoms with Crippen LogP contribution in [0, 0.1) is 0 Å². The first-order valence-corrected chi connectivity index (χ1v) is 6.31. The van der Waals surface area contributed by atoms with E-state index in [1.54, 1.807) is 6.92 Å². The monoisotopic (exact) mass is 240 g/mol. The van der Waals surface area contributed by atoms with Gasteiger partial charge in [-0.1, -0.05) is 0 Å². The van der Waals surface area contributed by atoms with E-state index in [0.717, 1.165) is 18.2 Å². The molecule has 2 rings (SSSR count). The van der Waals surface area contributed by atoms with Crippen LogP contribution < -0.4 is 4.90 Å². The quantitative estimate of drug-likeness (QED) is 0.741. The lowest BCUT2D eigenvalue weighted by molar-refractivity contribution is -0.00522. The van der Waals surface area contributed by atoms with Gasteiger partial charge in [0.2, 0.25) is 0 Å².